The van der Waals surface area contributed by atoms with Crippen LogP contribution in [0.2, 0.25) is 0 Å². The summed E-state index contributed by atoms with van der Waals surface area (Å²) in [5.74, 6) is 0.847. The molecule has 0 spiro atoms. The predicted octanol–water partition coefficient (Wildman–Crippen LogP) is 0.334. The Kier molecular flexibility index (Phi) is 4.71. The summed E-state index contributed by atoms with van der Waals surface area (Å²) in [4.78, 5) is 3.05. The first-order valence-electron chi connectivity index (χ1n) is 7.27. The lowest BCUT2D eigenvalue weighted by molar-refractivity contribution is 0.0837. The van der Waals surface area contributed by atoms with Gasteiger partial charge < -0.3 is 20.1 Å². The summed E-state index contributed by atoms with van der Waals surface area (Å²) in [7, 11) is 0. The molecule has 1 aromatic heterocycles. The maximum Gasteiger partial charge on any atom is 0.118 e. The third-order valence-electron chi connectivity index (χ3n) is 3.31. The summed E-state index contributed by atoms with van der Waals surface area (Å²) in [6, 6.07) is 3.91. The number of rotatable bonds is 5. The molecule has 114 valence electrons. The number of nitrogens with zero attached hydrogens (tertiary/aromatic N) is 1. The Bertz CT molecular complexity index is 647. The fraction of sp³-hybridized carbons (Fsp3) is 0.562. The van der Waals surface area contributed by atoms with Gasteiger partial charge in [0.05, 0.1) is 0 Å². The lowest BCUT2D eigenvalue weighted by Gasteiger charge is -2.23. The fourth-order valence-corrected chi connectivity index (χ4v) is 2.23. The molecular weight excluding hydrogens is 266 g/mol. The molecule has 3 N–H and O–H groups in total. The quantitative estimate of drug-likeness (QED) is 0.730. The van der Waals surface area contributed by atoms with E-state index in [0.29, 0.717) is 12.2 Å². The van der Waals surface area contributed by atoms with Gasteiger partial charge in [0, 0.05) is 29.1 Å². The van der Waals surface area contributed by atoms with Crippen LogP contribution in [0.15, 0.2) is 6.07 Å². The second-order valence-electron chi connectivity index (χ2n) is 6.38. The molecule has 5 heteroatoms. The summed E-state index contributed by atoms with van der Waals surface area (Å²) >= 11 is 0. The van der Waals surface area contributed by atoms with E-state index in [2.05, 4.69) is 43.2 Å². The normalized spacial score (nSPS) is 15.9. The maximum atomic E-state index is 9.97. The zero-order valence-electron chi connectivity index (χ0n) is 12.9. The summed E-state index contributed by atoms with van der Waals surface area (Å²) in [5.41, 5.74) is 0.512. The first-order valence-corrected chi connectivity index (χ1v) is 7.27. The van der Waals surface area contributed by atoms with E-state index in [-0.39, 0.29) is 12.1 Å². The van der Waals surface area contributed by atoms with Gasteiger partial charge in [-0.1, -0.05) is 6.08 Å². The number of nitrogens with one attached hydrogen (secondary N) is 2. The fourth-order valence-electron chi connectivity index (χ4n) is 2.23. The van der Waals surface area contributed by atoms with Gasteiger partial charge in [-0.15, -0.1) is 0 Å². The number of hydrogen-bond acceptors (Lipinski definition) is 4. The zero-order valence-corrected chi connectivity index (χ0v) is 12.9. The third kappa shape index (κ3) is 4.35. The average molecular weight is 289 g/mol. The number of H-pyrrole nitrogens is 1. The van der Waals surface area contributed by atoms with Crippen LogP contribution in [0.1, 0.15) is 39.3 Å². The highest BCUT2D eigenvalue weighted by Gasteiger charge is 2.14. The van der Waals surface area contributed by atoms with E-state index in [1.807, 2.05) is 0 Å². The van der Waals surface area contributed by atoms with E-state index in [1.165, 1.54) is 0 Å². The van der Waals surface area contributed by atoms with Gasteiger partial charge in [-0.05, 0) is 33.3 Å². The molecule has 1 atom stereocenters. The van der Waals surface area contributed by atoms with Gasteiger partial charge in [0.1, 0.15) is 30.2 Å². The van der Waals surface area contributed by atoms with Crippen molar-refractivity contribution in [3.05, 3.63) is 22.3 Å². The van der Waals surface area contributed by atoms with Crippen LogP contribution in [0.3, 0.4) is 0 Å². The summed E-state index contributed by atoms with van der Waals surface area (Å²) < 4.78 is 5.77. The van der Waals surface area contributed by atoms with Crippen LogP contribution in [0.25, 0.3) is 11.8 Å². The highest BCUT2D eigenvalue weighted by atomic mass is 16.5. The van der Waals surface area contributed by atoms with E-state index >= 15 is 0 Å². The lowest BCUT2D eigenvalue weighted by Crippen LogP contribution is -2.42. The van der Waals surface area contributed by atoms with Crippen molar-refractivity contribution in [2.75, 3.05) is 13.2 Å². The second kappa shape index (κ2) is 6.33. The molecule has 5 nitrogen and oxygen atoms in total. The summed E-state index contributed by atoms with van der Waals surface area (Å²) in [5, 5.41) is 24.0. The van der Waals surface area contributed by atoms with E-state index in [4.69, 9.17) is 10.00 Å². The Morgan fingerprint density at radius 2 is 2.29 bits per heavy atom. The molecule has 0 saturated heterocycles. The Morgan fingerprint density at radius 1 is 1.52 bits per heavy atom. The van der Waals surface area contributed by atoms with Crippen molar-refractivity contribution in [1.82, 2.24) is 10.3 Å². The van der Waals surface area contributed by atoms with Crippen LogP contribution in [-0.2, 0) is 4.74 Å². The van der Waals surface area contributed by atoms with E-state index in [1.54, 1.807) is 6.07 Å². The van der Waals surface area contributed by atoms with Crippen LogP contribution >= 0.6 is 0 Å². The van der Waals surface area contributed by atoms with Gasteiger partial charge in [0.2, 0.25) is 0 Å². The minimum Gasteiger partial charge on any atom is -0.494 e. The van der Waals surface area contributed by atoms with Crippen LogP contribution in [0.4, 0.5) is 0 Å². The van der Waals surface area contributed by atoms with E-state index < -0.39 is 6.10 Å². The van der Waals surface area contributed by atoms with Gasteiger partial charge in [-0.2, -0.15) is 5.26 Å². The number of β-amino-alcohol motifs (C(OH)–C–C–N with tert-alkyl or cyclic N) is 1. The topological polar surface area (TPSA) is 81.1 Å². The van der Waals surface area contributed by atoms with Crippen molar-refractivity contribution in [1.29, 1.82) is 5.26 Å². The molecule has 0 bridgehead atoms. The first kappa shape index (κ1) is 15.6. The van der Waals surface area contributed by atoms with Gasteiger partial charge in [-0.3, -0.25) is 0 Å². The summed E-state index contributed by atoms with van der Waals surface area (Å²) in [6.07, 6.45) is 3.19. The molecule has 1 unspecified atom stereocenters. The van der Waals surface area contributed by atoms with Crippen LogP contribution in [0.5, 0.6) is 0 Å². The van der Waals surface area contributed by atoms with Crippen molar-refractivity contribution in [2.45, 2.75) is 45.3 Å². The predicted molar refractivity (Wildman–Crippen MR) is 81.6 cm³/mol. The number of aliphatic hydroxyl groups is 1. The van der Waals surface area contributed by atoms with Gasteiger partial charge in [-0.25, -0.2) is 0 Å². The molecule has 0 aliphatic heterocycles. The van der Waals surface area contributed by atoms with E-state index in [9.17, 15) is 5.11 Å². The van der Waals surface area contributed by atoms with Crippen LogP contribution < -0.4 is 15.9 Å². The molecule has 0 saturated carbocycles. The first-order chi connectivity index (χ1) is 9.89. The molecule has 1 heterocycles. The van der Waals surface area contributed by atoms with Crippen molar-refractivity contribution in [2.24, 2.45) is 0 Å². The molecular formula is C16H23N3O2. The van der Waals surface area contributed by atoms with Crippen molar-refractivity contribution in [3.8, 4) is 6.07 Å². The number of aromatic nitrogens is 1. The second-order valence-corrected chi connectivity index (χ2v) is 6.38. The minimum atomic E-state index is -0.555. The van der Waals surface area contributed by atoms with Gasteiger partial charge in [0.15, 0.2) is 0 Å². The zero-order chi connectivity index (χ0) is 15.5. The molecule has 0 aromatic carbocycles. The van der Waals surface area contributed by atoms with Gasteiger partial charge >= 0.3 is 0 Å². The molecule has 21 heavy (non-hydrogen) atoms. The average Bonchev–Trinajstić information content (AvgIpc) is 2.85. The highest BCUT2D eigenvalue weighted by Crippen LogP contribution is 2.10. The molecule has 0 radical (unpaired) electrons. The molecule has 0 fully saturated rings. The molecule has 1 aliphatic carbocycles. The molecule has 0 amide bonds. The molecule has 1 aromatic rings. The number of aromatic amines is 1. The largest absolute Gasteiger partial charge is 0.494 e. The Morgan fingerprint density at radius 3 is 2.95 bits per heavy atom. The molecule has 2 rings (SSSR count). The lowest BCUT2D eigenvalue weighted by atomic mass is 10.1. The van der Waals surface area contributed by atoms with Gasteiger partial charge in [0.25, 0.3) is 0 Å². The number of hydrogen-bond donors (Lipinski definition) is 3. The Labute approximate surface area is 124 Å². The van der Waals surface area contributed by atoms with Crippen LogP contribution in [-0.4, -0.2) is 34.9 Å². The third-order valence-corrected chi connectivity index (χ3v) is 3.31. The smallest absolute Gasteiger partial charge is 0.118 e. The van der Waals surface area contributed by atoms with Crippen molar-refractivity contribution < 1.29 is 9.84 Å². The minimum absolute atomic E-state index is 0.0244. The van der Waals surface area contributed by atoms with Crippen molar-refractivity contribution in [3.63, 3.8) is 0 Å². The number of ether oxygens (including phenoxy) is 1. The van der Waals surface area contributed by atoms with Crippen LogP contribution in [0, 0.1) is 11.3 Å². The van der Waals surface area contributed by atoms with E-state index in [0.717, 1.165) is 29.2 Å². The number of aliphatic hydroxyl groups excluding tert-OH is 1. The maximum absolute atomic E-state index is 9.97. The van der Waals surface area contributed by atoms with Crippen molar-refractivity contribution >= 4 is 11.8 Å². The highest BCUT2D eigenvalue weighted by molar-refractivity contribution is 5.46. The monoisotopic (exact) mass is 289 g/mol. The summed E-state index contributed by atoms with van der Waals surface area (Å²) in [6.45, 7) is 6.92. The Balaban J connectivity index is 2.01. The SMILES string of the molecule is CC(C)(C)NCC(O)COC1=c2cc(C#N)[nH]c2=CCC1. The Hall–Kier alpha value is -1.77. The number of fused-ring (bicyclic) bond motifs is 1. The number of nitriles is 1. The standard InChI is InChI=1S/C16H23N3O2/c1-16(2,3)18-9-12(20)10-21-15-6-4-5-14-13(15)7-11(8-17)19-14/h5,7,12,18-20H,4,6,9-10H2,1-3H3. The molecule has 1 aliphatic rings.